The normalized spacial score (nSPS) is 12.4. The maximum atomic E-state index is 6.18. The molecule has 3 aromatic carbocycles. The fourth-order valence-electron chi connectivity index (χ4n) is 2.48. The predicted octanol–water partition coefficient (Wildman–Crippen LogP) is 6.42. The van der Waals surface area contributed by atoms with Crippen molar-refractivity contribution in [2.24, 2.45) is 0 Å². The summed E-state index contributed by atoms with van der Waals surface area (Å²) in [6.45, 7) is 0.568. The van der Waals surface area contributed by atoms with Gasteiger partial charge < -0.3 is 4.74 Å². The molecular formula is C22H19BrO. The molecule has 0 heterocycles. The lowest BCUT2D eigenvalue weighted by Gasteiger charge is -2.15. The van der Waals surface area contributed by atoms with E-state index in [9.17, 15) is 0 Å². The topological polar surface area (TPSA) is 9.23 Å². The van der Waals surface area contributed by atoms with Crippen LogP contribution in [0.25, 0.3) is 6.08 Å². The molecule has 1 atom stereocenters. The third-order valence-corrected chi connectivity index (χ3v) is 4.20. The standard InChI is InChI=1S/C22H19BrO/c23-21-13-7-10-19(16-21)17-24-22(20-11-5-2-6-12-20)15-14-18-8-3-1-4-9-18/h1-16,22H,17H2/b15-14+/t22-/m1/s1. The largest absolute Gasteiger partial charge is 0.365 e. The van der Waals surface area contributed by atoms with Gasteiger partial charge in [-0.25, -0.2) is 0 Å². The Balaban J connectivity index is 1.76. The van der Waals surface area contributed by atoms with Crippen LogP contribution in [0.1, 0.15) is 22.8 Å². The molecule has 0 aromatic heterocycles. The van der Waals surface area contributed by atoms with E-state index in [4.69, 9.17) is 4.74 Å². The summed E-state index contributed by atoms with van der Waals surface area (Å²) in [5.74, 6) is 0. The van der Waals surface area contributed by atoms with Crippen molar-refractivity contribution in [1.82, 2.24) is 0 Å². The average molecular weight is 379 g/mol. The highest BCUT2D eigenvalue weighted by atomic mass is 79.9. The predicted molar refractivity (Wildman–Crippen MR) is 104 cm³/mol. The monoisotopic (exact) mass is 378 g/mol. The highest BCUT2D eigenvalue weighted by Crippen LogP contribution is 2.22. The minimum Gasteiger partial charge on any atom is -0.365 e. The second-order valence-electron chi connectivity index (χ2n) is 5.54. The maximum absolute atomic E-state index is 6.18. The van der Waals surface area contributed by atoms with Crippen LogP contribution in [-0.2, 0) is 11.3 Å². The van der Waals surface area contributed by atoms with Gasteiger partial charge in [0.1, 0.15) is 6.10 Å². The van der Waals surface area contributed by atoms with Gasteiger partial charge in [-0.05, 0) is 28.8 Å². The van der Waals surface area contributed by atoms with Gasteiger partial charge in [0.25, 0.3) is 0 Å². The summed E-state index contributed by atoms with van der Waals surface area (Å²) in [5, 5.41) is 0. The first kappa shape index (κ1) is 16.7. The van der Waals surface area contributed by atoms with Crippen LogP contribution in [0.3, 0.4) is 0 Å². The van der Waals surface area contributed by atoms with Gasteiger partial charge in [0.05, 0.1) is 6.61 Å². The summed E-state index contributed by atoms with van der Waals surface area (Å²) < 4.78 is 7.25. The fourth-order valence-corrected chi connectivity index (χ4v) is 2.93. The first-order valence-corrected chi connectivity index (χ1v) is 8.75. The zero-order valence-electron chi connectivity index (χ0n) is 13.3. The van der Waals surface area contributed by atoms with Gasteiger partial charge in [-0.3, -0.25) is 0 Å². The van der Waals surface area contributed by atoms with Crippen LogP contribution in [-0.4, -0.2) is 0 Å². The Bertz CT molecular complexity index is 781. The maximum Gasteiger partial charge on any atom is 0.101 e. The first-order valence-electron chi connectivity index (χ1n) is 7.95. The highest BCUT2D eigenvalue weighted by Gasteiger charge is 2.08. The summed E-state index contributed by atoms with van der Waals surface area (Å²) in [4.78, 5) is 0. The van der Waals surface area contributed by atoms with Gasteiger partial charge in [-0.1, -0.05) is 101 Å². The number of hydrogen-bond acceptors (Lipinski definition) is 1. The van der Waals surface area contributed by atoms with Crippen molar-refractivity contribution in [3.63, 3.8) is 0 Å². The molecule has 0 saturated heterocycles. The Morgan fingerprint density at radius 1 is 0.833 bits per heavy atom. The van der Waals surface area contributed by atoms with Gasteiger partial charge >= 0.3 is 0 Å². The van der Waals surface area contributed by atoms with Crippen molar-refractivity contribution in [3.8, 4) is 0 Å². The lowest BCUT2D eigenvalue weighted by Crippen LogP contribution is -2.02. The molecule has 3 aromatic rings. The van der Waals surface area contributed by atoms with E-state index in [1.807, 2.05) is 48.5 Å². The third kappa shape index (κ3) is 4.92. The number of rotatable bonds is 6. The Hall–Kier alpha value is -2.16. The van der Waals surface area contributed by atoms with Crippen molar-refractivity contribution < 1.29 is 4.74 Å². The van der Waals surface area contributed by atoms with Crippen LogP contribution in [0.15, 0.2) is 95.5 Å². The molecule has 0 saturated carbocycles. The van der Waals surface area contributed by atoms with E-state index in [0.717, 1.165) is 15.6 Å². The summed E-state index contributed by atoms with van der Waals surface area (Å²) >= 11 is 3.51. The first-order chi connectivity index (χ1) is 11.8. The Morgan fingerprint density at radius 2 is 1.54 bits per heavy atom. The molecule has 0 N–H and O–H groups in total. The van der Waals surface area contributed by atoms with Gasteiger partial charge in [0.15, 0.2) is 0 Å². The molecule has 0 bridgehead atoms. The quantitative estimate of drug-likeness (QED) is 0.480. The van der Waals surface area contributed by atoms with Crippen LogP contribution < -0.4 is 0 Å². The van der Waals surface area contributed by atoms with Crippen molar-refractivity contribution in [2.45, 2.75) is 12.7 Å². The van der Waals surface area contributed by atoms with Crippen LogP contribution in [0.2, 0.25) is 0 Å². The van der Waals surface area contributed by atoms with E-state index in [2.05, 4.69) is 64.5 Å². The van der Waals surface area contributed by atoms with E-state index in [1.54, 1.807) is 0 Å². The van der Waals surface area contributed by atoms with Gasteiger partial charge in [0.2, 0.25) is 0 Å². The SMILES string of the molecule is Brc1cccc(CO[C@H](/C=C/c2ccccc2)c2ccccc2)c1. The molecule has 0 spiro atoms. The molecule has 0 aliphatic carbocycles. The number of ether oxygens (including phenoxy) is 1. The number of halogens is 1. The molecule has 120 valence electrons. The third-order valence-electron chi connectivity index (χ3n) is 3.71. The molecule has 0 aliphatic heterocycles. The molecule has 24 heavy (non-hydrogen) atoms. The molecule has 0 fully saturated rings. The minimum absolute atomic E-state index is 0.0783. The van der Waals surface area contributed by atoms with Gasteiger partial charge in [-0.2, -0.15) is 0 Å². The van der Waals surface area contributed by atoms with E-state index < -0.39 is 0 Å². The lowest BCUT2D eigenvalue weighted by molar-refractivity contribution is 0.0723. The highest BCUT2D eigenvalue weighted by molar-refractivity contribution is 9.10. The Kier molecular flexibility index (Phi) is 6.00. The van der Waals surface area contributed by atoms with Crippen molar-refractivity contribution in [2.75, 3.05) is 0 Å². The van der Waals surface area contributed by atoms with Gasteiger partial charge in [0, 0.05) is 4.47 Å². The second kappa shape index (κ2) is 8.62. The van der Waals surface area contributed by atoms with Gasteiger partial charge in [-0.15, -0.1) is 0 Å². The second-order valence-corrected chi connectivity index (χ2v) is 6.46. The Morgan fingerprint density at radius 3 is 2.25 bits per heavy atom. The van der Waals surface area contributed by atoms with Crippen molar-refractivity contribution >= 4 is 22.0 Å². The molecular weight excluding hydrogens is 360 g/mol. The van der Waals surface area contributed by atoms with E-state index in [1.165, 1.54) is 5.56 Å². The zero-order chi connectivity index (χ0) is 16.6. The van der Waals surface area contributed by atoms with Crippen molar-refractivity contribution in [1.29, 1.82) is 0 Å². The molecule has 0 radical (unpaired) electrons. The molecule has 0 amide bonds. The van der Waals surface area contributed by atoms with E-state index >= 15 is 0 Å². The summed E-state index contributed by atoms with van der Waals surface area (Å²) in [7, 11) is 0. The molecule has 2 heteroatoms. The number of hydrogen-bond donors (Lipinski definition) is 0. The lowest BCUT2D eigenvalue weighted by atomic mass is 10.1. The van der Waals surface area contributed by atoms with Crippen molar-refractivity contribution in [3.05, 3.63) is 112 Å². The fraction of sp³-hybridized carbons (Fsp3) is 0.0909. The molecule has 1 nitrogen and oxygen atoms in total. The average Bonchev–Trinajstić information content (AvgIpc) is 2.63. The number of benzene rings is 3. The molecule has 3 rings (SSSR count). The summed E-state index contributed by atoms with van der Waals surface area (Å²) in [6.07, 6.45) is 4.15. The van der Waals surface area contributed by atoms with Crippen LogP contribution in [0.5, 0.6) is 0 Å². The Labute approximate surface area is 151 Å². The van der Waals surface area contributed by atoms with E-state index in [-0.39, 0.29) is 6.10 Å². The van der Waals surface area contributed by atoms with Crippen LogP contribution in [0.4, 0.5) is 0 Å². The zero-order valence-corrected chi connectivity index (χ0v) is 14.9. The van der Waals surface area contributed by atoms with Crippen LogP contribution in [0, 0.1) is 0 Å². The summed E-state index contributed by atoms with van der Waals surface area (Å²) in [6, 6.07) is 28.8. The van der Waals surface area contributed by atoms with Crippen LogP contribution >= 0.6 is 15.9 Å². The molecule has 0 aliphatic rings. The summed E-state index contributed by atoms with van der Waals surface area (Å²) in [5.41, 5.74) is 3.47. The molecule has 0 unspecified atom stereocenters. The van der Waals surface area contributed by atoms with E-state index in [0.29, 0.717) is 6.61 Å². The minimum atomic E-state index is -0.0783. The smallest absolute Gasteiger partial charge is 0.101 e.